The largest absolute Gasteiger partial charge is 0.346 e. The van der Waals surface area contributed by atoms with Gasteiger partial charge >= 0.3 is 0 Å². The van der Waals surface area contributed by atoms with Crippen LogP contribution in [0, 0.1) is 13.3 Å². The minimum absolute atomic E-state index is 0. The molecule has 1 saturated carbocycles. The van der Waals surface area contributed by atoms with Gasteiger partial charge in [0.15, 0.2) is 0 Å². The van der Waals surface area contributed by atoms with Crippen molar-refractivity contribution >= 4 is 0 Å². The smallest absolute Gasteiger partial charge is 0 e. The van der Waals surface area contributed by atoms with Crippen LogP contribution in [0.2, 0.25) is 0 Å². The zero-order valence-corrected chi connectivity index (χ0v) is 7.82. The molecule has 0 nitrogen and oxygen atoms in total. The fourth-order valence-electron chi connectivity index (χ4n) is 0.204. The zero-order valence-electron chi connectivity index (χ0n) is 4.98. The fraction of sp³-hybridized carbons (Fsp3) is 0.667. The minimum atomic E-state index is 0. The molecule has 0 aliphatic heterocycles. The van der Waals surface area contributed by atoms with Crippen LogP contribution in [-0.4, -0.2) is 0 Å². The summed E-state index contributed by atoms with van der Waals surface area (Å²) in [5.41, 5.74) is 0. The monoisotopic (exact) mass is 173 g/mol. The molecule has 1 radical (unpaired) electrons. The van der Waals surface area contributed by atoms with Gasteiger partial charge in [-0.15, -0.1) is 6.42 Å². The van der Waals surface area contributed by atoms with Crippen molar-refractivity contribution in [2.75, 3.05) is 0 Å². The summed E-state index contributed by atoms with van der Waals surface area (Å²) in [6.07, 6.45) is 6.50. The molecule has 0 aromatic rings. The number of hydrogen-bond donors (Lipinski definition) is 0. The van der Waals surface area contributed by atoms with E-state index >= 15 is 0 Å². The molecule has 7 heavy (non-hydrogen) atoms. The first kappa shape index (κ1) is 11.0. The van der Waals surface area contributed by atoms with E-state index in [1.807, 2.05) is 0 Å². The summed E-state index contributed by atoms with van der Waals surface area (Å²) in [6.45, 7) is 5.00. The van der Waals surface area contributed by atoms with Crippen LogP contribution in [0.5, 0.6) is 0 Å². The first-order valence-corrected chi connectivity index (χ1v) is 2.52. The Morgan fingerprint density at radius 3 is 1.43 bits per heavy atom. The van der Waals surface area contributed by atoms with Gasteiger partial charge in [-0.2, -0.15) is 19.8 Å². The Bertz CT molecular complexity index is 12.1. The molecular weight excluding hydrogens is 161 g/mol. The van der Waals surface area contributed by atoms with Crippen molar-refractivity contribution in [1.29, 1.82) is 0 Å². The molecule has 41 valence electrons. The van der Waals surface area contributed by atoms with Crippen LogP contribution in [0.15, 0.2) is 0 Å². The molecule has 0 N–H and O–H groups in total. The second-order valence-electron chi connectivity index (χ2n) is 1.22. The van der Waals surface area contributed by atoms with E-state index in [0.717, 1.165) is 0 Å². The van der Waals surface area contributed by atoms with E-state index in [4.69, 9.17) is 0 Å². The molecule has 0 spiro atoms. The first-order chi connectivity index (χ1) is 3.00. The maximum absolute atomic E-state index is 3.25. The van der Waals surface area contributed by atoms with Crippen molar-refractivity contribution in [3.05, 3.63) is 13.3 Å². The van der Waals surface area contributed by atoms with E-state index in [9.17, 15) is 0 Å². The molecule has 0 saturated heterocycles. The summed E-state index contributed by atoms with van der Waals surface area (Å²) in [5.74, 6) is 0. The van der Waals surface area contributed by atoms with Crippen molar-refractivity contribution in [2.24, 2.45) is 0 Å². The molecule has 1 rings (SSSR count). The summed E-state index contributed by atoms with van der Waals surface area (Å²) in [6, 6.07) is 0. The van der Waals surface area contributed by atoms with Crippen LogP contribution in [0.1, 0.15) is 26.2 Å². The molecule has 1 aliphatic rings. The Balaban J connectivity index is 0. The second kappa shape index (κ2) is 10.2. The van der Waals surface area contributed by atoms with Gasteiger partial charge in [-0.1, -0.05) is 0 Å². The Labute approximate surface area is 71.9 Å². The van der Waals surface area contributed by atoms with E-state index < -0.39 is 0 Å². The fourth-order valence-corrected chi connectivity index (χ4v) is 0.204. The third-order valence-electron chi connectivity index (χ3n) is 0.816. The normalized spacial score (nSPS) is 14.6. The van der Waals surface area contributed by atoms with Crippen molar-refractivity contribution in [1.82, 2.24) is 0 Å². The van der Waals surface area contributed by atoms with Gasteiger partial charge in [-0.05, 0) is 0 Å². The molecule has 1 heteroatoms. The van der Waals surface area contributed by atoms with Gasteiger partial charge in [0, 0.05) is 32.7 Å². The van der Waals surface area contributed by atoms with Crippen LogP contribution < -0.4 is 0 Å². The topological polar surface area (TPSA) is 0 Å². The predicted molar refractivity (Wildman–Crippen MR) is 29.2 cm³/mol. The first-order valence-electron chi connectivity index (χ1n) is 2.52. The molecule has 0 unspecified atom stereocenters. The van der Waals surface area contributed by atoms with Gasteiger partial charge in [0.25, 0.3) is 0 Å². The summed E-state index contributed by atoms with van der Waals surface area (Å²) in [5, 5.41) is 0. The quantitative estimate of drug-likeness (QED) is 0.492. The summed E-state index contributed by atoms with van der Waals surface area (Å²) < 4.78 is 0. The maximum atomic E-state index is 3.25. The number of hydrogen-bond acceptors (Lipinski definition) is 0. The molecule has 0 atom stereocenters. The van der Waals surface area contributed by atoms with Crippen molar-refractivity contribution in [2.45, 2.75) is 26.2 Å². The maximum Gasteiger partial charge on any atom is 0 e. The molecular formula is C6H12Y-2. The van der Waals surface area contributed by atoms with E-state index in [1.165, 1.54) is 19.3 Å². The van der Waals surface area contributed by atoms with Gasteiger partial charge in [-0.25, -0.2) is 0 Å². The Morgan fingerprint density at radius 2 is 1.43 bits per heavy atom. The van der Waals surface area contributed by atoms with Gasteiger partial charge in [0.1, 0.15) is 0 Å². The molecule has 0 aromatic heterocycles. The van der Waals surface area contributed by atoms with Crippen molar-refractivity contribution in [3.63, 3.8) is 0 Å². The van der Waals surface area contributed by atoms with Crippen LogP contribution in [0.4, 0.5) is 0 Å². The van der Waals surface area contributed by atoms with Crippen LogP contribution >= 0.6 is 0 Å². The third-order valence-corrected chi connectivity index (χ3v) is 0.816. The Morgan fingerprint density at radius 1 is 1.29 bits per heavy atom. The predicted octanol–water partition coefficient (Wildman–Crippen LogP) is 2.21. The van der Waals surface area contributed by atoms with E-state index in [1.54, 1.807) is 6.92 Å². The Kier molecular flexibility index (Phi) is 15.9. The van der Waals surface area contributed by atoms with Crippen molar-refractivity contribution in [3.8, 4) is 0 Å². The van der Waals surface area contributed by atoms with E-state index in [-0.39, 0.29) is 32.7 Å². The molecule has 1 fully saturated rings. The standard InChI is InChI=1S/C4H7.C2H5.Y/c1-2-4-3-1;1-2;/h1H,2-4H2;1H2,2H3;/q2*-1;. The van der Waals surface area contributed by atoms with Crippen LogP contribution in [-0.2, 0) is 32.7 Å². The molecule has 0 bridgehead atoms. The Hall–Kier alpha value is 1.10. The van der Waals surface area contributed by atoms with Crippen LogP contribution in [0.3, 0.4) is 0 Å². The summed E-state index contributed by atoms with van der Waals surface area (Å²) in [4.78, 5) is 0. The summed E-state index contributed by atoms with van der Waals surface area (Å²) >= 11 is 0. The minimum Gasteiger partial charge on any atom is -0.346 e. The second-order valence-corrected chi connectivity index (χ2v) is 1.22. The molecule has 0 aromatic carbocycles. The third kappa shape index (κ3) is 7.10. The SMILES string of the molecule is [CH-]1CCC1.[CH2-]C.[Y]. The van der Waals surface area contributed by atoms with Crippen LogP contribution in [0.25, 0.3) is 0 Å². The molecule has 1 aliphatic carbocycles. The summed E-state index contributed by atoms with van der Waals surface area (Å²) in [7, 11) is 0. The average Bonchev–Trinajstić information content (AvgIpc) is 1.36. The van der Waals surface area contributed by atoms with Gasteiger partial charge in [0.05, 0.1) is 0 Å². The van der Waals surface area contributed by atoms with E-state index in [2.05, 4.69) is 13.3 Å². The van der Waals surface area contributed by atoms with Gasteiger partial charge in [0.2, 0.25) is 0 Å². The van der Waals surface area contributed by atoms with E-state index in [0.29, 0.717) is 0 Å². The average molecular weight is 173 g/mol. The zero-order chi connectivity index (χ0) is 4.83. The van der Waals surface area contributed by atoms with Gasteiger partial charge in [-0.3, -0.25) is 0 Å². The molecule has 0 amide bonds. The van der Waals surface area contributed by atoms with Gasteiger partial charge < -0.3 is 13.3 Å². The number of rotatable bonds is 0. The van der Waals surface area contributed by atoms with Crippen molar-refractivity contribution < 1.29 is 32.7 Å². The molecule has 0 heterocycles.